The zero-order valence-electron chi connectivity index (χ0n) is 21.9. The summed E-state index contributed by atoms with van der Waals surface area (Å²) >= 11 is 0. The van der Waals surface area contributed by atoms with E-state index in [1.165, 1.54) is 0 Å². The van der Waals surface area contributed by atoms with E-state index in [4.69, 9.17) is 9.40 Å². The summed E-state index contributed by atoms with van der Waals surface area (Å²) in [7, 11) is 0. The van der Waals surface area contributed by atoms with Gasteiger partial charge in [-0.25, -0.2) is 14.6 Å². The minimum absolute atomic E-state index is 0.0588. The number of carbonyl (C=O) groups excluding carboxylic acids is 1. The van der Waals surface area contributed by atoms with E-state index in [9.17, 15) is 9.59 Å². The summed E-state index contributed by atoms with van der Waals surface area (Å²) in [6, 6.07) is 10.8. The summed E-state index contributed by atoms with van der Waals surface area (Å²) in [5.74, 6) is 1.74. The Morgan fingerprint density at radius 1 is 1.08 bits per heavy atom. The Balaban J connectivity index is 1.63. The largest absolute Gasteiger partial charge is 0.466 e. The fraction of sp³-hybridized carbons (Fsp3) is 0.321. The zero-order valence-corrected chi connectivity index (χ0v) is 21.9. The molecule has 5 aromatic rings. The van der Waals surface area contributed by atoms with Crippen LogP contribution in [0.5, 0.6) is 0 Å². The minimum atomic E-state index is -0.227. The molecule has 0 saturated heterocycles. The van der Waals surface area contributed by atoms with Crippen LogP contribution in [0, 0.1) is 13.8 Å². The lowest BCUT2D eigenvalue weighted by Gasteiger charge is -2.27. The van der Waals surface area contributed by atoms with Crippen molar-refractivity contribution in [3.63, 3.8) is 0 Å². The number of pyridine rings is 1. The van der Waals surface area contributed by atoms with Gasteiger partial charge in [0.1, 0.15) is 17.3 Å². The molecular formula is C28H30N6O3. The van der Waals surface area contributed by atoms with Crippen LogP contribution in [0.15, 0.2) is 51.8 Å². The number of carbonyl (C=O) groups is 1. The number of aromatic amines is 1. The van der Waals surface area contributed by atoms with E-state index in [1.54, 1.807) is 35.4 Å². The van der Waals surface area contributed by atoms with Gasteiger partial charge in [0.2, 0.25) is 0 Å². The molecule has 4 aromatic heterocycles. The van der Waals surface area contributed by atoms with Gasteiger partial charge in [-0.05, 0) is 65.8 Å². The highest BCUT2D eigenvalue weighted by atomic mass is 16.3. The fourth-order valence-electron chi connectivity index (χ4n) is 4.61. The lowest BCUT2D eigenvalue weighted by molar-refractivity contribution is 0.0687. The Morgan fingerprint density at radius 2 is 1.84 bits per heavy atom. The molecule has 0 bridgehead atoms. The third-order valence-electron chi connectivity index (χ3n) is 6.47. The smallest absolute Gasteiger partial charge is 0.258 e. The molecule has 9 heteroatoms. The number of benzene rings is 1. The third-order valence-corrected chi connectivity index (χ3v) is 6.47. The molecule has 0 spiro atoms. The van der Waals surface area contributed by atoms with Crippen LogP contribution in [-0.2, 0) is 6.54 Å². The average Bonchev–Trinajstić information content (AvgIpc) is 3.43. The van der Waals surface area contributed by atoms with Gasteiger partial charge in [-0.15, -0.1) is 0 Å². The molecule has 1 amide bonds. The molecule has 4 heterocycles. The second-order valence-corrected chi connectivity index (χ2v) is 9.86. The van der Waals surface area contributed by atoms with Gasteiger partial charge < -0.3 is 14.3 Å². The fourth-order valence-corrected chi connectivity index (χ4v) is 4.61. The summed E-state index contributed by atoms with van der Waals surface area (Å²) < 4.78 is 7.57. The topological polar surface area (TPSA) is 110 Å². The first-order valence-electron chi connectivity index (χ1n) is 12.4. The molecule has 0 aliphatic carbocycles. The predicted octanol–water partition coefficient (Wildman–Crippen LogP) is 5.18. The van der Waals surface area contributed by atoms with Crippen LogP contribution < -0.4 is 5.56 Å². The molecule has 190 valence electrons. The first-order valence-corrected chi connectivity index (χ1v) is 12.4. The number of nitrogens with zero attached hydrogens (tertiary/aromatic N) is 5. The maximum atomic E-state index is 14.1. The van der Waals surface area contributed by atoms with Crippen molar-refractivity contribution in [1.82, 2.24) is 29.6 Å². The molecule has 5 rings (SSSR count). The molecule has 1 aromatic carbocycles. The molecule has 0 radical (unpaired) electrons. The number of H-pyrrole nitrogens is 1. The molecule has 0 saturated carbocycles. The van der Waals surface area contributed by atoms with E-state index in [0.29, 0.717) is 39.0 Å². The SMILES string of the molecule is Cc1cc(-c2cc(C(=O)N(Cc3nc4ccccc4c(=O)[nH]3)C(C)C)c3cnn(C(C)C)c3n2)c(C)o1. The van der Waals surface area contributed by atoms with Crippen LogP contribution in [0.2, 0.25) is 0 Å². The van der Waals surface area contributed by atoms with Gasteiger partial charge in [-0.1, -0.05) is 12.1 Å². The average molecular weight is 499 g/mol. The van der Waals surface area contributed by atoms with Gasteiger partial charge in [0.15, 0.2) is 5.65 Å². The summed E-state index contributed by atoms with van der Waals surface area (Å²) in [5.41, 5.74) is 2.97. The van der Waals surface area contributed by atoms with E-state index < -0.39 is 0 Å². The van der Waals surface area contributed by atoms with E-state index >= 15 is 0 Å². The molecule has 1 N–H and O–H groups in total. The van der Waals surface area contributed by atoms with Gasteiger partial charge >= 0.3 is 0 Å². The zero-order chi connectivity index (χ0) is 26.4. The van der Waals surface area contributed by atoms with Crippen molar-refractivity contribution >= 4 is 27.8 Å². The number of fused-ring (bicyclic) bond motifs is 2. The van der Waals surface area contributed by atoms with Crippen LogP contribution in [0.3, 0.4) is 0 Å². The highest BCUT2D eigenvalue weighted by Gasteiger charge is 2.26. The van der Waals surface area contributed by atoms with E-state index in [0.717, 1.165) is 17.1 Å². The van der Waals surface area contributed by atoms with Crippen LogP contribution in [0.1, 0.15) is 61.4 Å². The van der Waals surface area contributed by atoms with Gasteiger partial charge in [-0.3, -0.25) is 9.59 Å². The lowest BCUT2D eigenvalue weighted by Crippen LogP contribution is -2.37. The first kappa shape index (κ1) is 24.4. The van der Waals surface area contributed by atoms with Crippen molar-refractivity contribution in [1.29, 1.82) is 0 Å². The summed E-state index contributed by atoms with van der Waals surface area (Å²) in [6.07, 6.45) is 1.70. The summed E-state index contributed by atoms with van der Waals surface area (Å²) in [5, 5.41) is 5.72. The third kappa shape index (κ3) is 4.41. The van der Waals surface area contributed by atoms with Crippen LogP contribution in [0.4, 0.5) is 0 Å². The van der Waals surface area contributed by atoms with Crippen LogP contribution in [-0.4, -0.2) is 41.6 Å². The quantitative estimate of drug-likeness (QED) is 0.346. The monoisotopic (exact) mass is 498 g/mol. The first-order chi connectivity index (χ1) is 17.6. The Hall–Kier alpha value is -4.27. The second kappa shape index (κ2) is 9.31. The predicted molar refractivity (Wildman–Crippen MR) is 142 cm³/mol. The van der Waals surface area contributed by atoms with Crippen LogP contribution >= 0.6 is 0 Å². The van der Waals surface area contributed by atoms with Crippen LogP contribution in [0.25, 0.3) is 33.2 Å². The Bertz CT molecular complexity index is 1690. The number of aromatic nitrogens is 5. The number of rotatable bonds is 6. The molecule has 0 unspecified atom stereocenters. The Kier molecular flexibility index (Phi) is 6.15. The molecule has 0 fully saturated rings. The lowest BCUT2D eigenvalue weighted by atomic mass is 10.1. The van der Waals surface area contributed by atoms with Crippen molar-refractivity contribution in [2.45, 2.75) is 60.2 Å². The van der Waals surface area contributed by atoms with E-state index in [2.05, 4.69) is 15.1 Å². The highest BCUT2D eigenvalue weighted by Crippen LogP contribution is 2.31. The maximum absolute atomic E-state index is 14.1. The number of hydrogen-bond donors (Lipinski definition) is 1. The van der Waals surface area contributed by atoms with Crippen molar-refractivity contribution in [2.75, 3.05) is 0 Å². The number of hydrogen-bond acceptors (Lipinski definition) is 6. The molecular weight excluding hydrogens is 468 g/mol. The Labute approximate surface area is 214 Å². The number of aryl methyl sites for hydroxylation is 2. The van der Waals surface area contributed by atoms with Crippen molar-refractivity contribution in [3.05, 3.63) is 75.9 Å². The van der Waals surface area contributed by atoms with Crippen molar-refractivity contribution in [2.24, 2.45) is 0 Å². The maximum Gasteiger partial charge on any atom is 0.258 e. The number of amides is 1. The number of furan rings is 1. The van der Waals surface area contributed by atoms with Crippen molar-refractivity contribution < 1.29 is 9.21 Å². The van der Waals surface area contributed by atoms with Gasteiger partial charge in [0.25, 0.3) is 11.5 Å². The van der Waals surface area contributed by atoms with Gasteiger partial charge in [0, 0.05) is 17.6 Å². The molecule has 0 atom stereocenters. The second-order valence-electron chi connectivity index (χ2n) is 9.86. The number of nitrogens with one attached hydrogen (secondary N) is 1. The summed E-state index contributed by atoms with van der Waals surface area (Å²) in [4.78, 5) is 40.8. The van der Waals surface area contributed by atoms with Gasteiger partial charge in [-0.2, -0.15) is 5.10 Å². The van der Waals surface area contributed by atoms with E-state index in [1.807, 2.05) is 58.4 Å². The molecule has 9 nitrogen and oxygen atoms in total. The normalized spacial score (nSPS) is 11.8. The summed E-state index contributed by atoms with van der Waals surface area (Å²) in [6.45, 7) is 11.9. The number of para-hydroxylation sites is 1. The minimum Gasteiger partial charge on any atom is -0.466 e. The Morgan fingerprint density at radius 3 is 2.51 bits per heavy atom. The standard InChI is InChI=1S/C28H30N6O3/c1-15(2)33(14-25-30-23-10-8-7-9-19(23)27(35)32-25)28(36)21-12-24(20-11-17(5)37-18(20)6)31-26-22(21)13-29-34(26)16(3)4/h7-13,15-16H,14H2,1-6H3,(H,30,32,35). The van der Waals surface area contributed by atoms with Crippen molar-refractivity contribution in [3.8, 4) is 11.3 Å². The highest BCUT2D eigenvalue weighted by molar-refractivity contribution is 6.06. The molecule has 0 aliphatic rings. The van der Waals surface area contributed by atoms with Gasteiger partial charge in [0.05, 0.1) is 40.3 Å². The molecule has 37 heavy (non-hydrogen) atoms. The van der Waals surface area contributed by atoms with E-state index in [-0.39, 0.29) is 30.1 Å². The molecule has 0 aliphatic heterocycles.